The van der Waals surface area contributed by atoms with E-state index in [-0.39, 0.29) is 6.07 Å². The van der Waals surface area contributed by atoms with Crippen LogP contribution in [-0.2, 0) is 12.4 Å². The average molecular weight is 311 g/mol. The topological polar surface area (TPSA) is 0 Å². The number of hydrogen-bond acceptors (Lipinski definition) is 0. The van der Waals surface area contributed by atoms with Gasteiger partial charge in [-0.2, -0.15) is 26.3 Å². The monoisotopic (exact) mass is 310 g/mol. The Morgan fingerprint density at radius 1 is 0.875 bits per heavy atom. The summed E-state index contributed by atoms with van der Waals surface area (Å²) in [5, 5.41) is 0. The van der Waals surface area contributed by atoms with Crippen molar-refractivity contribution in [2.45, 2.75) is 12.4 Å². The normalized spacial score (nSPS) is 13.0. The first kappa shape index (κ1) is 13.3. The van der Waals surface area contributed by atoms with Crippen LogP contribution in [0.25, 0.3) is 0 Å². The third-order valence-electron chi connectivity index (χ3n) is 1.68. The highest BCUT2D eigenvalue weighted by molar-refractivity contribution is 9.10. The fourth-order valence-electron chi connectivity index (χ4n) is 1.06. The Balaban J connectivity index is 3.59. The second-order valence-corrected chi connectivity index (χ2v) is 3.63. The number of halogens is 8. The summed E-state index contributed by atoms with van der Waals surface area (Å²) in [6, 6.07) is 0.753. The highest BCUT2D eigenvalue weighted by atomic mass is 79.9. The van der Waals surface area contributed by atoms with Crippen LogP contribution in [0.5, 0.6) is 0 Å². The Labute approximate surface area is 93.2 Å². The second kappa shape index (κ2) is 3.90. The van der Waals surface area contributed by atoms with Crippen molar-refractivity contribution in [3.63, 3.8) is 0 Å². The lowest BCUT2D eigenvalue weighted by Crippen LogP contribution is -2.18. The predicted molar refractivity (Wildman–Crippen MR) is 44.1 cm³/mol. The van der Waals surface area contributed by atoms with Crippen molar-refractivity contribution in [3.05, 3.63) is 33.5 Å². The molecule has 0 saturated heterocycles. The molecule has 1 rings (SSSR count). The van der Waals surface area contributed by atoms with Gasteiger partial charge in [0.05, 0.1) is 10.0 Å². The first-order chi connectivity index (χ1) is 7.05. The summed E-state index contributed by atoms with van der Waals surface area (Å²) >= 11 is 2.40. The molecule has 0 spiro atoms. The minimum Gasteiger partial charge on any atom is -0.205 e. The number of benzene rings is 1. The van der Waals surface area contributed by atoms with Gasteiger partial charge in [-0.15, -0.1) is 0 Å². The molecular formula is C8H2BrF7. The molecule has 0 saturated carbocycles. The second-order valence-electron chi connectivity index (χ2n) is 2.78. The zero-order chi connectivity index (χ0) is 12.7. The van der Waals surface area contributed by atoms with Crippen LogP contribution in [0.15, 0.2) is 16.6 Å². The lowest BCUT2D eigenvalue weighted by atomic mass is 10.1. The minimum atomic E-state index is -5.40. The fraction of sp³-hybridized carbons (Fsp3) is 0.250. The van der Waals surface area contributed by atoms with Crippen LogP contribution in [0.1, 0.15) is 11.1 Å². The van der Waals surface area contributed by atoms with Gasteiger partial charge >= 0.3 is 12.4 Å². The molecule has 0 fully saturated rings. The van der Waals surface area contributed by atoms with Gasteiger partial charge in [-0.1, -0.05) is 0 Å². The van der Waals surface area contributed by atoms with Gasteiger partial charge < -0.3 is 0 Å². The summed E-state index contributed by atoms with van der Waals surface area (Å²) in [4.78, 5) is 0. The van der Waals surface area contributed by atoms with Crippen LogP contribution in [0.3, 0.4) is 0 Å². The maximum atomic E-state index is 13.0. The summed E-state index contributed by atoms with van der Waals surface area (Å²) in [7, 11) is 0. The predicted octanol–water partition coefficient (Wildman–Crippen LogP) is 4.63. The molecule has 8 heteroatoms. The number of alkyl halides is 6. The van der Waals surface area contributed by atoms with Gasteiger partial charge in [-0.25, -0.2) is 4.39 Å². The molecule has 16 heavy (non-hydrogen) atoms. The van der Waals surface area contributed by atoms with E-state index in [1.807, 2.05) is 0 Å². The largest absolute Gasteiger partial charge is 0.419 e. The zero-order valence-corrected chi connectivity index (χ0v) is 8.76. The molecule has 0 N–H and O–H groups in total. The first-order valence-corrected chi connectivity index (χ1v) is 4.47. The van der Waals surface area contributed by atoms with Crippen LogP contribution in [0.2, 0.25) is 0 Å². The van der Waals surface area contributed by atoms with E-state index in [1.54, 1.807) is 0 Å². The van der Waals surface area contributed by atoms with Crippen LogP contribution >= 0.6 is 15.9 Å². The zero-order valence-electron chi connectivity index (χ0n) is 7.18. The van der Waals surface area contributed by atoms with Crippen molar-refractivity contribution >= 4 is 15.9 Å². The highest BCUT2D eigenvalue weighted by Crippen LogP contribution is 2.43. The molecule has 0 aromatic heterocycles. The van der Waals surface area contributed by atoms with Crippen molar-refractivity contribution < 1.29 is 30.7 Å². The van der Waals surface area contributed by atoms with Gasteiger partial charge in [-0.3, -0.25) is 0 Å². The lowest BCUT2D eigenvalue weighted by Gasteiger charge is -2.16. The van der Waals surface area contributed by atoms with E-state index < -0.39 is 33.8 Å². The minimum absolute atomic E-state index is 0.177. The third kappa shape index (κ3) is 2.47. The fourth-order valence-corrected chi connectivity index (χ4v) is 1.39. The number of hydrogen-bond donors (Lipinski definition) is 0. The quantitative estimate of drug-likeness (QED) is 0.613. The van der Waals surface area contributed by atoms with Crippen molar-refractivity contribution in [1.29, 1.82) is 0 Å². The maximum Gasteiger partial charge on any atom is 0.419 e. The molecule has 0 aliphatic rings. The Hall–Kier alpha value is -0.790. The molecule has 0 unspecified atom stereocenters. The molecule has 0 radical (unpaired) electrons. The van der Waals surface area contributed by atoms with Gasteiger partial charge in [0.2, 0.25) is 0 Å². The molecule has 0 amide bonds. The van der Waals surface area contributed by atoms with Crippen LogP contribution in [0.4, 0.5) is 30.7 Å². The van der Waals surface area contributed by atoms with E-state index >= 15 is 0 Å². The third-order valence-corrected chi connectivity index (χ3v) is 2.30. The van der Waals surface area contributed by atoms with E-state index in [2.05, 4.69) is 15.9 Å². The highest BCUT2D eigenvalue weighted by Gasteiger charge is 2.45. The molecule has 0 nitrogen and oxygen atoms in total. The standard InChI is InChI=1S/C8H2BrF7/c9-4-2-1-3(7(11,12)13)5(6(4)10)8(14,15)16/h1-2H. The van der Waals surface area contributed by atoms with Gasteiger partial charge in [0.15, 0.2) is 0 Å². The summed E-state index contributed by atoms with van der Waals surface area (Å²) in [6.45, 7) is 0. The summed E-state index contributed by atoms with van der Waals surface area (Å²) < 4.78 is 85.7. The number of rotatable bonds is 0. The van der Waals surface area contributed by atoms with E-state index in [0.717, 1.165) is 0 Å². The van der Waals surface area contributed by atoms with E-state index in [9.17, 15) is 30.7 Å². The van der Waals surface area contributed by atoms with Gasteiger partial charge in [0, 0.05) is 0 Å². The van der Waals surface area contributed by atoms with Crippen molar-refractivity contribution in [2.24, 2.45) is 0 Å². The molecular weight excluding hydrogens is 309 g/mol. The smallest absolute Gasteiger partial charge is 0.205 e. The maximum absolute atomic E-state index is 13.0. The van der Waals surface area contributed by atoms with Crippen LogP contribution in [-0.4, -0.2) is 0 Å². The molecule has 0 bridgehead atoms. The molecule has 0 heterocycles. The van der Waals surface area contributed by atoms with Crippen LogP contribution in [0, 0.1) is 5.82 Å². The lowest BCUT2D eigenvalue weighted by molar-refractivity contribution is -0.164. The van der Waals surface area contributed by atoms with Crippen molar-refractivity contribution in [1.82, 2.24) is 0 Å². The molecule has 1 aromatic carbocycles. The molecule has 0 aliphatic carbocycles. The summed E-state index contributed by atoms with van der Waals surface area (Å²) in [5.41, 5.74) is -4.35. The summed E-state index contributed by atoms with van der Waals surface area (Å²) in [5.74, 6) is -1.97. The molecule has 0 atom stereocenters. The van der Waals surface area contributed by atoms with Gasteiger partial charge in [0.1, 0.15) is 11.4 Å². The summed E-state index contributed by atoms with van der Waals surface area (Å²) in [6.07, 6.45) is -10.7. The van der Waals surface area contributed by atoms with E-state index in [1.165, 1.54) is 0 Å². The van der Waals surface area contributed by atoms with Gasteiger partial charge in [0.25, 0.3) is 0 Å². The van der Waals surface area contributed by atoms with Crippen molar-refractivity contribution in [3.8, 4) is 0 Å². The Kier molecular flexibility index (Phi) is 3.24. The SMILES string of the molecule is Fc1c(Br)ccc(C(F)(F)F)c1C(F)(F)F. The average Bonchev–Trinajstić information content (AvgIpc) is 2.05. The Morgan fingerprint density at radius 2 is 1.38 bits per heavy atom. The molecule has 90 valence electrons. The van der Waals surface area contributed by atoms with Gasteiger partial charge in [-0.05, 0) is 28.1 Å². The van der Waals surface area contributed by atoms with Crippen molar-refractivity contribution in [2.75, 3.05) is 0 Å². The molecule has 0 aliphatic heterocycles. The molecule has 1 aromatic rings. The van der Waals surface area contributed by atoms with E-state index in [4.69, 9.17) is 0 Å². The first-order valence-electron chi connectivity index (χ1n) is 3.67. The Bertz CT molecular complexity index is 404. The van der Waals surface area contributed by atoms with Crippen LogP contribution < -0.4 is 0 Å². The van der Waals surface area contributed by atoms with E-state index in [0.29, 0.717) is 6.07 Å². The Morgan fingerprint density at radius 3 is 1.75 bits per heavy atom.